The number of benzene rings is 1. The Hall–Kier alpha value is -2.59. The first-order valence-electron chi connectivity index (χ1n) is 7.12. The summed E-state index contributed by atoms with van der Waals surface area (Å²) in [6, 6.07) is 1.97. The number of carbonyl (C=O) groups excluding carboxylic acids is 1. The van der Waals surface area contributed by atoms with Crippen molar-refractivity contribution in [1.82, 2.24) is 0 Å². The molecular formula is C14H22N4O6. The van der Waals surface area contributed by atoms with Crippen LogP contribution in [0, 0.1) is 10.1 Å². The predicted octanol–water partition coefficient (Wildman–Crippen LogP) is 0.850. The van der Waals surface area contributed by atoms with Gasteiger partial charge in [0.25, 0.3) is 5.69 Å². The summed E-state index contributed by atoms with van der Waals surface area (Å²) in [4.78, 5) is 21.6. The van der Waals surface area contributed by atoms with Crippen molar-refractivity contribution < 1.29 is 23.9 Å². The van der Waals surface area contributed by atoms with Gasteiger partial charge in [0, 0.05) is 38.5 Å². The van der Waals surface area contributed by atoms with E-state index in [1.54, 1.807) is 0 Å². The van der Waals surface area contributed by atoms with Gasteiger partial charge in [0.05, 0.1) is 11.5 Å². The van der Waals surface area contributed by atoms with E-state index in [2.05, 4.69) is 5.32 Å². The van der Waals surface area contributed by atoms with Crippen LogP contribution in [0.5, 0.6) is 5.75 Å². The number of hydrogen-bond acceptors (Lipinski definition) is 8. The Labute approximate surface area is 139 Å². The summed E-state index contributed by atoms with van der Waals surface area (Å²) in [5.41, 5.74) is 10.8. The molecule has 0 saturated carbocycles. The number of hydrogen-bond donors (Lipinski definition) is 3. The Morgan fingerprint density at radius 3 is 2.50 bits per heavy atom. The van der Waals surface area contributed by atoms with Crippen molar-refractivity contribution in [3.05, 3.63) is 22.2 Å². The molecule has 0 heterocycles. The van der Waals surface area contributed by atoms with Crippen LogP contribution in [-0.4, -0.2) is 44.0 Å². The number of carbonyl (C=O) groups is 1. The average Bonchev–Trinajstić information content (AvgIpc) is 2.53. The van der Waals surface area contributed by atoms with Crippen LogP contribution in [-0.2, 0) is 14.3 Å². The minimum Gasteiger partial charge on any atom is -0.491 e. The summed E-state index contributed by atoms with van der Waals surface area (Å²) in [5, 5.41) is 13.9. The molecule has 1 unspecified atom stereocenters. The number of anilines is 2. The van der Waals surface area contributed by atoms with Gasteiger partial charge in [-0.15, -0.1) is 0 Å². The topological polar surface area (TPSA) is 152 Å². The van der Waals surface area contributed by atoms with Crippen molar-refractivity contribution in [2.45, 2.75) is 25.7 Å². The number of nitro benzene ring substituents is 1. The van der Waals surface area contributed by atoms with Crippen LogP contribution in [0.2, 0.25) is 0 Å². The second-order valence-electron chi connectivity index (χ2n) is 4.97. The number of primary amides is 1. The van der Waals surface area contributed by atoms with E-state index in [4.69, 9.17) is 25.7 Å². The normalized spacial score (nSPS) is 12.0. The highest BCUT2D eigenvalue weighted by atomic mass is 16.7. The second-order valence-corrected chi connectivity index (χ2v) is 4.97. The third-order valence-electron chi connectivity index (χ3n) is 3.26. The number of nitrogens with one attached hydrogen (secondary N) is 1. The zero-order valence-electron chi connectivity index (χ0n) is 13.8. The van der Waals surface area contributed by atoms with Crippen LogP contribution >= 0.6 is 0 Å². The Morgan fingerprint density at radius 2 is 2.00 bits per heavy atom. The Bertz CT molecular complexity index is 591. The third kappa shape index (κ3) is 5.25. The smallest absolute Gasteiger partial charge is 0.298 e. The number of nitrogen functional groups attached to an aromatic ring is 1. The molecule has 1 atom stereocenters. The summed E-state index contributed by atoms with van der Waals surface area (Å²) in [6.45, 7) is 1.70. The van der Waals surface area contributed by atoms with Gasteiger partial charge in [-0.05, 0) is 6.92 Å². The number of amides is 1. The second kappa shape index (κ2) is 8.89. The van der Waals surface area contributed by atoms with Crippen molar-refractivity contribution in [2.75, 3.05) is 31.9 Å². The van der Waals surface area contributed by atoms with E-state index in [0.29, 0.717) is 12.1 Å². The number of methoxy groups -OCH3 is 2. The van der Waals surface area contributed by atoms with Crippen molar-refractivity contribution in [3.63, 3.8) is 0 Å². The van der Waals surface area contributed by atoms with Gasteiger partial charge in [-0.3, -0.25) is 14.9 Å². The molecule has 10 nitrogen and oxygen atoms in total. The van der Waals surface area contributed by atoms with E-state index in [-0.39, 0.29) is 23.7 Å². The molecule has 0 aromatic heterocycles. The number of nitrogens with zero attached hydrogens (tertiary/aromatic N) is 1. The summed E-state index contributed by atoms with van der Waals surface area (Å²) in [6.07, 6.45) is -0.0623. The number of nitro groups is 1. The highest BCUT2D eigenvalue weighted by Crippen LogP contribution is 2.35. The summed E-state index contributed by atoms with van der Waals surface area (Å²) < 4.78 is 15.6. The number of rotatable bonds is 10. The van der Waals surface area contributed by atoms with Crippen LogP contribution in [0.15, 0.2) is 12.1 Å². The van der Waals surface area contributed by atoms with E-state index in [9.17, 15) is 14.9 Å². The van der Waals surface area contributed by atoms with Crippen molar-refractivity contribution in [2.24, 2.45) is 5.73 Å². The van der Waals surface area contributed by atoms with E-state index in [1.807, 2.05) is 0 Å². The van der Waals surface area contributed by atoms with Crippen molar-refractivity contribution >= 4 is 23.0 Å². The van der Waals surface area contributed by atoms with Crippen LogP contribution in [0.4, 0.5) is 17.1 Å². The number of ether oxygens (including phenoxy) is 3. The molecule has 1 amide bonds. The molecule has 1 aromatic rings. The maximum Gasteiger partial charge on any atom is 0.298 e. The highest BCUT2D eigenvalue weighted by Gasteiger charge is 2.20. The maximum atomic E-state index is 11.1. The van der Waals surface area contributed by atoms with Crippen molar-refractivity contribution in [3.8, 4) is 5.75 Å². The first-order chi connectivity index (χ1) is 11.3. The largest absolute Gasteiger partial charge is 0.491 e. The monoisotopic (exact) mass is 342 g/mol. The van der Waals surface area contributed by atoms with Crippen LogP contribution in [0.1, 0.15) is 13.3 Å². The molecule has 0 saturated heterocycles. The van der Waals surface area contributed by atoms with E-state index < -0.39 is 23.2 Å². The Morgan fingerprint density at radius 1 is 1.38 bits per heavy atom. The Kier molecular flexibility index (Phi) is 7.21. The van der Waals surface area contributed by atoms with Gasteiger partial charge in [0.15, 0.2) is 17.7 Å². The molecule has 134 valence electrons. The average molecular weight is 342 g/mol. The van der Waals surface area contributed by atoms with Gasteiger partial charge in [-0.1, -0.05) is 0 Å². The first-order valence-corrected chi connectivity index (χ1v) is 7.12. The molecule has 0 aliphatic carbocycles. The molecule has 0 fully saturated rings. The van der Waals surface area contributed by atoms with E-state index >= 15 is 0 Å². The Balaban J connectivity index is 2.98. The summed E-state index contributed by atoms with van der Waals surface area (Å²) >= 11 is 0. The molecule has 0 spiro atoms. The molecule has 10 heteroatoms. The molecule has 5 N–H and O–H groups in total. The summed E-state index contributed by atoms with van der Waals surface area (Å²) in [7, 11) is 2.98. The molecule has 24 heavy (non-hydrogen) atoms. The van der Waals surface area contributed by atoms with Crippen LogP contribution in [0.25, 0.3) is 0 Å². The van der Waals surface area contributed by atoms with Crippen molar-refractivity contribution in [1.29, 1.82) is 0 Å². The lowest BCUT2D eigenvalue weighted by molar-refractivity contribution is -0.383. The van der Waals surface area contributed by atoms with Crippen LogP contribution < -0.4 is 21.5 Å². The lowest BCUT2D eigenvalue weighted by atomic mass is 10.2. The SMILES string of the molecule is COC(CCOc1cc(NC(C)C(N)=O)cc([N+](=O)[O-])c1N)OC. The highest BCUT2D eigenvalue weighted by molar-refractivity contribution is 5.83. The van der Waals surface area contributed by atoms with E-state index in [1.165, 1.54) is 33.3 Å². The quantitative estimate of drug-likeness (QED) is 0.245. The molecule has 0 bridgehead atoms. The minimum atomic E-state index is -0.715. The standard InChI is InChI=1S/C14H22N4O6/c1-8(14(16)19)17-9-6-10(18(20)21)13(15)11(7-9)24-5-4-12(22-2)23-3/h6-8,12,17H,4-5,15H2,1-3H3,(H2,16,19). The lowest BCUT2D eigenvalue weighted by Crippen LogP contribution is -2.32. The van der Waals surface area contributed by atoms with Gasteiger partial charge in [0.2, 0.25) is 5.91 Å². The van der Waals surface area contributed by atoms with Gasteiger partial charge in [-0.25, -0.2) is 0 Å². The predicted molar refractivity (Wildman–Crippen MR) is 87.7 cm³/mol. The van der Waals surface area contributed by atoms with Gasteiger partial charge >= 0.3 is 0 Å². The fourth-order valence-electron chi connectivity index (χ4n) is 1.88. The zero-order chi connectivity index (χ0) is 18.3. The van der Waals surface area contributed by atoms with Crippen LogP contribution in [0.3, 0.4) is 0 Å². The molecule has 1 rings (SSSR count). The number of nitrogens with two attached hydrogens (primary N) is 2. The lowest BCUT2D eigenvalue weighted by Gasteiger charge is -2.16. The van der Waals surface area contributed by atoms with Gasteiger partial charge in [-0.2, -0.15) is 0 Å². The van der Waals surface area contributed by atoms with Gasteiger partial charge in [0.1, 0.15) is 6.04 Å². The first kappa shape index (κ1) is 19.5. The molecule has 1 aromatic carbocycles. The van der Waals surface area contributed by atoms with Gasteiger partial charge < -0.3 is 31.0 Å². The zero-order valence-corrected chi connectivity index (χ0v) is 13.8. The van der Waals surface area contributed by atoms with E-state index in [0.717, 1.165) is 0 Å². The minimum absolute atomic E-state index is 0.108. The molecular weight excluding hydrogens is 320 g/mol. The molecule has 0 aliphatic heterocycles. The summed E-state index contributed by atoms with van der Waals surface area (Å²) in [5.74, 6) is -0.477. The molecule has 0 radical (unpaired) electrons. The maximum absolute atomic E-state index is 11.1. The fourth-order valence-corrected chi connectivity index (χ4v) is 1.88. The fraction of sp³-hybridized carbons (Fsp3) is 0.500. The molecule has 0 aliphatic rings. The third-order valence-corrected chi connectivity index (χ3v) is 3.26.